The van der Waals surface area contributed by atoms with Gasteiger partial charge >= 0.3 is 11.6 Å². The Morgan fingerprint density at radius 1 is 1.07 bits per heavy atom. The van der Waals surface area contributed by atoms with Crippen LogP contribution >= 0.6 is 0 Å². The summed E-state index contributed by atoms with van der Waals surface area (Å²) in [5, 5.41) is 1.32. The van der Waals surface area contributed by atoms with Crippen molar-refractivity contribution in [3.8, 4) is 0 Å². The van der Waals surface area contributed by atoms with E-state index in [1.807, 2.05) is 19.1 Å². The van der Waals surface area contributed by atoms with Crippen molar-refractivity contribution in [1.82, 2.24) is 4.98 Å². The van der Waals surface area contributed by atoms with Crippen molar-refractivity contribution in [2.24, 2.45) is 0 Å². The van der Waals surface area contributed by atoms with Crippen molar-refractivity contribution in [1.29, 1.82) is 0 Å². The van der Waals surface area contributed by atoms with E-state index in [1.54, 1.807) is 24.3 Å². The lowest BCUT2D eigenvalue weighted by Crippen LogP contribution is -2.13. The molecule has 6 nitrogen and oxygen atoms in total. The average Bonchev–Trinajstić information content (AvgIpc) is 2.70. The Kier molecular flexibility index (Phi) is 4.99. The Morgan fingerprint density at radius 2 is 1.83 bits per heavy atom. The molecule has 0 saturated carbocycles. The highest BCUT2D eigenvalue weighted by molar-refractivity contribution is 6.03. The predicted octanol–water partition coefficient (Wildman–Crippen LogP) is 4.42. The second-order valence-corrected chi connectivity index (χ2v) is 7.62. The van der Waals surface area contributed by atoms with E-state index < -0.39 is 11.6 Å². The molecule has 0 bridgehead atoms. The number of aryl methyl sites for hydroxylation is 1. The zero-order valence-corrected chi connectivity index (χ0v) is 16.9. The lowest BCUT2D eigenvalue weighted by atomic mass is 9.95. The molecule has 0 fully saturated rings. The third kappa shape index (κ3) is 3.64. The maximum atomic E-state index is 12.8. The maximum Gasteiger partial charge on any atom is 0.339 e. The molecule has 2 aromatic heterocycles. The minimum absolute atomic E-state index is 0.108. The molecule has 1 N–H and O–H groups in total. The largest absolute Gasteiger partial charge is 0.457 e. The van der Waals surface area contributed by atoms with Crippen LogP contribution in [0.5, 0.6) is 0 Å². The molecule has 0 aliphatic rings. The van der Waals surface area contributed by atoms with Crippen LogP contribution < -0.4 is 11.2 Å². The summed E-state index contributed by atoms with van der Waals surface area (Å²) >= 11 is 0. The van der Waals surface area contributed by atoms with Crippen LogP contribution in [0.2, 0.25) is 0 Å². The van der Waals surface area contributed by atoms with Gasteiger partial charge < -0.3 is 14.1 Å². The number of carbonyl (C=O) groups is 1. The first-order valence-corrected chi connectivity index (χ1v) is 9.70. The van der Waals surface area contributed by atoms with Gasteiger partial charge in [0.05, 0.1) is 5.56 Å². The van der Waals surface area contributed by atoms with Crippen LogP contribution in [0, 0.1) is 6.92 Å². The van der Waals surface area contributed by atoms with Crippen LogP contribution in [0.25, 0.3) is 21.9 Å². The first-order chi connectivity index (χ1) is 14.3. The number of benzene rings is 2. The minimum Gasteiger partial charge on any atom is -0.457 e. The number of hydrogen-bond acceptors (Lipinski definition) is 5. The number of esters is 1. The van der Waals surface area contributed by atoms with Gasteiger partial charge in [0.25, 0.3) is 0 Å². The summed E-state index contributed by atoms with van der Waals surface area (Å²) in [6, 6.07) is 13.4. The highest BCUT2D eigenvalue weighted by Crippen LogP contribution is 2.27. The topological polar surface area (TPSA) is 89.4 Å². The number of rotatable bonds is 4. The number of nitrogens with one attached hydrogen (secondary N) is 1. The quantitative estimate of drug-likeness (QED) is 0.402. The van der Waals surface area contributed by atoms with Crippen LogP contribution in [-0.2, 0) is 11.3 Å². The Morgan fingerprint density at radius 3 is 2.60 bits per heavy atom. The zero-order chi connectivity index (χ0) is 21.4. The van der Waals surface area contributed by atoms with Crippen LogP contribution in [0.4, 0.5) is 0 Å². The van der Waals surface area contributed by atoms with Crippen molar-refractivity contribution in [2.75, 3.05) is 0 Å². The third-order valence-corrected chi connectivity index (χ3v) is 5.17. The number of ether oxygens (including phenoxy) is 1. The van der Waals surface area contributed by atoms with Gasteiger partial charge in [-0.05, 0) is 42.2 Å². The molecule has 2 aromatic carbocycles. The van der Waals surface area contributed by atoms with Crippen molar-refractivity contribution >= 4 is 27.8 Å². The van der Waals surface area contributed by atoms with E-state index in [0.29, 0.717) is 28.0 Å². The van der Waals surface area contributed by atoms with Gasteiger partial charge in [0.2, 0.25) is 5.56 Å². The average molecular weight is 403 g/mol. The summed E-state index contributed by atoms with van der Waals surface area (Å²) in [6.45, 7) is 6.04. The first kappa shape index (κ1) is 19.6. The molecule has 0 radical (unpaired) electrons. The fourth-order valence-corrected chi connectivity index (χ4v) is 3.73. The molecule has 0 amide bonds. The van der Waals surface area contributed by atoms with Gasteiger partial charge in [-0.3, -0.25) is 4.79 Å². The maximum absolute atomic E-state index is 12.8. The monoisotopic (exact) mass is 403 g/mol. The molecule has 4 rings (SSSR count). The molecular weight excluding hydrogens is 382 g/mol. The number of pyridine rings is 1. The Balaban J connectivity index is 1.72. The third-order valence-electron chi connectivity index (χ3n) is 5.17. The summed E-state index contributed by atoms with van der Waals surface area (Å²) in [5.74, 6) is -0.339. The van der Waals surface area contributed by atoms with Crippen molar-refractivity contribution in [3.63, 3.8) is 0 Å². The normalized spacial score (nSPS) is 11.3. The van der Waals surface area contributed by atoms with E-state index in [2.05, 4.69) is 18.8 Å². The minimum atomic E-state index is -0.630. The second-order valence-electron chi connectivity index (χ2n) is 7.62. The summed E-state index contributed by atoms with van der Waals surface area (Å²) in [6.07, 6.45) is 0. The SMILES string of the molecule is Cc1cc2oc(=O)cc(COC(=O)c3cc(=O)[nH]c4ccccc34)c2cc1C(C)C. The fraction of sp³-hybridized carbons (Fsp3) is 0.208. The highest BCUT2D eigenvalue weighted by Gasteiger charge is 2.16. The molecule has 2 heterocycles. The van der Waals surface area contributed by atoms with Crippen LogP contribution in [0.3, 0.4) is 0 Å². The molecular formula is C24H21NO5. The number of aromatic nitrogens is 1. The van der Waals surface area contributed by atoms with Gasteiger partial charge in [0.15, 0.2) is 0 Å². The van der Waals surface area contributed by atoms with Crippen molar-refractivity contribution in [3.05, 3.63) is 91.6 Å². The van der Waals surface area contributed by atoms with Gasteiger partial charge in [-0.15, -0.1) is 0 Å². The number of aromatic amines is 1. The lowest BCUT2D eigenvalue weighted by molar-refractivity contribution is 0.0476. The smallest absolute Gasteiger partial charge is 0.339 e. The van der Waals surface area contributed by atoms with Gasteiger partial charge in [-0.25, -0.2) is 9.59 Å². The second kappa shape index (κ2) is 7.63. The summed E-state index contributed by atoms with van der Waals surface area (Å²) in [5.41, 5.74) is 3.02. The Bertz CT molecular complexity index is 1390. The molecule has 0 spiro atoms. The van der Waals surface area contributed by atoms with Gasteiger partial charge in [0.1, 0.15) is 12.2 Å². The number of hydrogen-bond donors (Lipinski definition) is 1. The molecule has 0 aliphatic heterocycles. The molecule has 30 heavy (non-hydrogen) atoms. The predicted molar refractivity (Wildman–Crippen MR) is 115 cm³/mol. The van der Waals surface area contributed by atoms with Crippen molar-refractivity contribution in [2.45, 2.75) is 33.3 Å². The van der Waals surface area contributed by atoms with E-state index in [-0.39, 0.29) is 17.7 Å². The fourth-order valence-electron chi connectivity index (χ4n) is 3.73. The van der Waals surface area contributed by atoms with Gasteiger partial charge in [-0.2, -0.15) is 0 Å². The Hall–Kier alpha value is -3.67. The van der Waals surface area contributed by atoms with Gasteiger partial charge in [0, 0.05) is 34.0 Å². The van der Waals surface area contributed by atoms with E-state index in [4.69, 9.17) is 9.15 Å². The molecule has 0 saturated heterocycles. The van der Waals surface area contributed by atoms with Crippen LogP contribution in [0.1, 0.15) is 46.8 Å². The number of fused-ring (bicyclic) bond motifs is 2. The highest BCUT2D eigenvalue weighted by atomic mass is 16.5. The molecule has 4 aromatic rings. The van der Waals surface area contributed by atoms with Gasteiger partial charge in [-0.1, -0.05) is 32.0 Å². The summed E-state index contributed by atoms with van der Waals surface area (Å²) in [7, 11) is 0. The number of para-hydroxylation sites is 1. The lowest BCUT2D eigenvalue weighted by Gasteiger charge is -2.13. The van der Waals surface area contributed by atoms with E-state index >= 15 is 0 Å². The molecule has 6 heteroatoms. The van der Waals surface area contributed by atoms with E-state index in [9.17, 15) is 14.4 Å². The standard InChI is InChI=1S/C24H21NO5/c1-13(2)17-10-18-15(9-23(27)30-21(18)8-14(17)3)12-29-24(28)19-11-22(26)25-20-7-5-4-6-16(19)20/h4-11,13H,12H2,1-3H3,(H,25,26). The number of H-pyrrole nitrogens is 1. The molecule has 152 valence electrons. The first-order valence-electron chi connectivity index (χ1n) is 9.70. The van der Waals surface area contributed by atoms with Crippen LogP contribution in [-0.4, -0.2) is 11.0 Å². The van der Waals surface area contributed by atoms with E-state index in [1.165, 1.54) is 12.1 Å². The summed E-state index contributed by atoms with van der Waals surface area (Å²) < 4.78 is 10.8. The summed E-state index contributed by atoms with van der Waals surface area (Å²) in [4.78, 5) is 39.4. The number of carbonyl (C=O) groups excluding carboxylic acids is 1. The molecule has 0 atom stereocenters. The Labute approximate surface area is 172 Å². The van der Waals surface area contributed by atoms with Crippen LogP contribution in [0.15, 0.2) is 62.5 Å². The zero-order valence-electron chi connectivity index (χ0n) is 16.9. The molecule has 0 aliphatic carbocycles. The van der Waals surface area contributed by atoms with E-state index in [0.717, 1.165) is 16.5 Å². The van der Waals surface area contributed by atoms with Crippen molar-refractivity contribution < 1.29 is 13.9 Å². The molecule has 0 unspecified atom stereocenters.